The van der Waals surface area contributed by atoms with E-state index in [0.29, 0.717) is 12.2 Å². The third-order valence-corrected chi connectivity index (χ3v) is 3.06. The number of hydrogen-bond acceptors (Lipinski definition) is 3. The van der Waals surface area contributed by atoms with Gasteiger partial charge in [-0.1, -0.05) is 22.0 Å². The number of amides is 1. The van der Waals surface area contributed by atoms with Crippen molar-refractivity contribution >= 4 is 33.2 Å². The zero-order chi connectivity index (χ0) is 14.4. The van der Waals surface area contributed by atoms with Crippen LogP contribution in [0.1, 0.15) is 10.5 Å². The smallest absolute Gasteiger partial charge is 0.270 e. The summed E-state index contributed by atoms with van der Waals surface area (Å²) in [7, 11) is 0. The topological polar surface area (TPSA) is 54.0 Å². The number of halogens is 1. The third-order valence-electron chi connectivity index (χ3n) is 2.53. The highest BCUT2D eigenvalue weighted by Crippen LogP contribution is 2.19. The van der Waals surface area contributed by atoms with Crippen LogP contribution in [0.25, 0.3) is 0 Å². The predicted molar refractivity (Wildman–Crippen MR) is 84.2 cm³/mol. The minimum atomic E-state index is -0.218. The molecule has 1 aromatic heterocycles. The number of carbonyl (C=O) groups is 1. The lowest BCUT2D eigenvalue weighted by Gasteiger charge is -2.08. The summed E-state index contributed by atoms with van der Waals surface area (Å²) in [6, 6.07) is 11.3. The van der Waals surface area contributed by atoms with Gasteiger partial charge in [0.05, 0.1) is 0 Å². The molecule has 0 aliphatic rings. The fourth-order valence-electron chi connectivity index (χ4n) is 1.59. The number of pyridine rings is 1. The lowest BCUT2D eigenvalue weighted by atomic mass is 10.2. The van der Waals surface area contributed by atoms with Crippen LogP contribution in [0.3, 0.4) is 0 Å². The second kappa shape index (κ2) is 6.86. The molecule has 0 aliphatic heterocycles. The first-order valence-electron chi connectivity index (χ1n) is 6.07. The minimum absolute atomic E-state index is 0.218. The summed E-state index contributed by atoms with van der Waals surface area (Å²) in [5.74, 6) is -0.218. The Morgan fingerprint density at radius 1 is 1.25 bits per heavy atom. The number of nitrogens with zero attached hydrogens (tertiary/aromatic N) is 1. The first kappa shape index (κ1) is 14.3. The Morgan fingerprint density at radius 3 is 2.70 bits per heavy atom. The lowest BCUT2D eigenvalue weighted by Crippen LogP contribution is -2.24. The molecule has 0 aliphatic carbocycles. The second-order valence-corrected chi connectivity index (χ2v) is 4.98. The van der Waals surface area contributed by atoms with E-state index in [-0.39, 0.29) is 5.91 Å². The van der Waals surface area contributed by atoms with Crippen molar-refractivity contribution in [3.63, 3.8) is 0 Å². The maximum atomic E-state index is 11.8. The number of rotatable bonds is 5. The van der Waals surface area contributed by atoms with Crippen LogP contribution in [0.5, 0.6) is 0 Å². The monoisotopic (exact) mass is 331 g/mol. The van der Waals surface area contributed by atoms with Gasteiger partial charge in [-0.05, 0) is 36.4 Å². The van der Waals surface area contributed by atoms with Crippen molar-refractivity contribution in [2.75, 3.05) is 11.9 Å². The normalized spacial score (nSPS) is 9.85. The van der Waals surface area contributed by atoms with E-state index >= 15 is 0 Å². The fourth-order valence-corrected chi connectivity index (χ4v) is 1.85. The zero-order valence-corrected chi connectivity index (χ0v) is 12.4. The van der Waals surface area contributed by atoms with E-state index in [9.17, 15) is 4.79 Å². The summed E-state index contributed by atoms with van der Waals surface area (Å²) in [6.45, 7) is 3.98. The van der Waals surface area contributed by atoms with Crippen molar-refractivity contribution in [1.29, 1.82) is 0 Å². The number of benzene rings is 1. The van der Waals surface area contributed by atoms with E-state index in [1.807, 2.05) is 30.3 Å². The molecule has 0 bridgehead atoms. The molecular weight excluding hydrogens is 318 g/mol. The molecule has 0 saturated carbocycles. The van der Waals surface area contributed by atoms with Gasteiger partial charge in [-0.2, -0.15) is 0 Å². The maximum absolute atomic E-state index is 11.8. The van der Waals surface area contributed by atoms with Gasteiger partial charge in [-0.15, -0.1) is 6.58 Å². The molecule has 5 heteroatoms. The second-order valence-electron chi connectivity index (χ2n) is 4.06. The molecule has 1 amide bonds. The van der Waals surface area contributed by atoms with Gasteiger partial charge in [0, 0.05) is 28.6 Å². The zero-order valence-electron chi connectivity index (χ0n) is 10.8. The molecule has 0 atom stereocenters. The van der Waals surface area contributed by atoms with Gasteiger partial charge in [0.15, 0.2) is 0 Å². The molecule has 1 heterocycles. The molecule has 0 saturated heterocycles. The SMILES string of the molecule is C=CCNC(=O)c1cc(Nc2ccc(Br)cc2)ccn1. The molecular formula is C15H14BrN3O. The van der Waals surface area contributed by atoms with Crippen molar-refractivity contribution < 1.29 is 4.79 Å². The van der Waals surface area contributed by atoms with Crippen LogP contribution < -0.4 is 10.6 Å². The molecule has 2 aromatic rings. The average molecular weight is 332 g/mol. The van der Waals surface area contributed by atoms with Crippen molar-refractivity contribution in [2.24, 2.45) is 0 Å². The molecule has 20 heavy (non-hydrogen) atoms. The summed E-state index contributed by atoms with van der Waals surface area (Å²) in [5.41, 5.74) is 2.12. The highest BCUT2D eigenvalue weighted by atomic mass is 79.9. The highest BCUT2D eigenvalue weighted by molar-refractivity contribution is 9.10. The average Bonchev–Trinajstić information content (AvgIpc) is 2.47. The minimum Gasteiger partial charge on any atom is -0.355 e. The van der Waals surface area contributed by atoms with Crippen LogP contribution >= 0.6 is 15.9 Å². The van der Waals surface area contributed by atoms with Crippen molar-refractivity contribution in [1.82, 2.24) is 10.3 Å². The van der Waals surface area contributed by atoms with Gasteiger partial charge in [0.2, 0.25) is 0 Å². The van der Waals surface area contributed by atoms with Crippen molar-refractivity contribution in [2.45, 2.75) is 0 Å². The predicted octanol–water partition coefficient (Wildman–Crippen LogP) is 3.50. The number of hydrogen-bond donors (Lipinski definition) is 2. The van der Waals surface area contributed by atoms with Crippen LogP contribution in [0, 0.1) is 0 Å². The van der Waals surface area contributed by atoms with Crippen LogP contribution in [0.2, 0.25) is 0 Å². The Kier molecular flexibility index (Phi) is 4.90. The van der Waals surface area contributed by atoms with Gasteiger partial charge in [-0.25, -0.2) is 0 Å². The summed E-state index contributed by atoms with van der Waals surface area (Å²) in [4.78, 5) is 15.9. The Morgan fingerprint density at radius 2 is 2.00 bits per heavy atom. The summed E-state index contributed by atoms with van der Waals surface area (Å²) >= 11 is 3.39. The maximum Gasteiger partial charge on any atom is 0.270 e. The van der Waals surface area contributed by atoms with E-state index in [0.717, 1.165) is 15.8 Å². The largest absolute Gasteiger partial charge is 0.355 e. The Balaban J connectivity index is 2.11. The van der Waals surface area contributed by atoms with Crippen LogP contribution in [0.15, 0.2) is 59.7 Å². The van der Waals surface area contributed by atoms with E-state index in [1.165, 1.54) is 0 Å². The summed E-state index contributed by atoms with van der Waals surface area (Å²) in [6.07, 6.45) is 3.23. The Bertz CT molecular complexity index is 611. The molecule has 1 aromatic carbocycles. The van der Waals surface area contributed by atoms with Gasteiger partial charge >= 0.3 is 0 Å². The number of nitrogens with one attached hydrogen (secondary N) is 2. The first-order valence-corrected chi connectivity index (χ1v) is 6.86. The first-order chi connectivity index (χ1) is 9.69. The van der Waals surface area contributed by atoms with E-state index in [2.05, 4.69) is 38.1 Å². The molecule has 0 fully saturated rings. The van der Waals surface area contributed by atoms with Crippen LogP contribution in [-0.2, 0) is 0 Å². The Hall–Kier alpha value is -2.14. The number of anilines is 2. The molecule has 102 valence electrons. The quantitative estimate of drug-likeness (QED) is 0.824. The summed E-state index contributed by atoms with van der Waals surface area (Å²) < 4.78 is 1.02. The molecule has 2 rings (SSSR count). The van der Waals surface area contributed by atoms with Gasteiger partial charge in [0.1, 0.15) is 5.69 Å². The van der Waals surface area contributed by atoms with Gasteiger partial charge in [-0.3, -0.25) is 9.78 Å². The van der Waals surface area contributed by atoms with E-state index in [4.69, 9.17) is 0 Å². The molecule has 0 unspecified atom stereocenters. The van der Waals surface area contributed by atoms with E-state index < -0.39 is 0 Å². The number of carbonyl (C=O) groups excluding carboxylic acids is 1. The molecule has 2 N–H and O–H groups in total. The van der Waals surface area contributed by atoms with Crippen molar-refractivity contribution in [3.8, 4) is 0 Å². The number of aromatic nitrogens is 1. The van der Waals surface area contributed by atoms with Crippen molar-refractivity contribution in [3.05, 3.63) is 65.4 Å². The van der Waals surface area contributed by atoms with Gasteiger partial charge < -0.3 is 10.6 Å². The standard InChI is InChI=1S/C15H14BrN3O/c1-2-8-18-15(20)14-10-13(7-9-17-14)19-12-5-3-11(16)4-6-12/h2-7,9-10H,1,8H2,(H,17,19)(H,18,20). The molecule has 0 radical (unpaired) electrons. The molecule has 0 spiro atoms. The summed E-state index contributed by atoms with van der Waals surface area (Å²) in [5, 5.41) is 5.92. The van der Waals surface area contributed by atoms with E-state index in [1.54, 1.807) is 18.3 Å². The highest BCUT2D eigenvalue weighted by Gasteiger charge is 2.06. The van der Waals surface area contributed by atoms with Crippen LogP contribution in [-0.4, -0.2) is 17.4 Å². The van der Waals surface area contributed by atoms with Gasteiger partial charge in [0.25, 0.3) is 5.91 Å². The Labute approximate surface area is 126 Å². The van der Waals surface area contributed by atoms with Crippen LogP contribution in [0.4, 0.5) is 11.4 Å². The lowest BCUT2D eigenvalue weighted by molar-refractivity contribution is 0.0953. The fraction of sp³-hybridized carbons (Fsp3) is 0.0667. The third kappa shape index (κ3) is 3.93. The molecule has 4 nitrogen and oxygen atoms in total.